The smallest absolute Gasteiger partial charge is 0.207 e. The lowest BCUT2D eigenvalue weighted by Gasteiger charge is -2.27. The molecule has 1 unspecified atom stereocenters. The van der Waals surface area contributed by atoms with E-state index in [-0.39, 0.29) is 11.9 Å². The SMILES string of the molecule is Cc1csc(CCl)c1S(=O)(=O)N1CCCC1C(C)C. The largest absolute Gasteiger partial charge is 0.244 e. The van der Waals surface area contributed by atoms with E-state index < -0.39 is 10.0 Å². The van der Waals surface area contributed by atoms with E-state index in [0.717, 1.165) is 23.3 Å². The van der Waals surface area contributed by atoms with Gasteiger partial charge in [-0.25, -0.2) is 8.42 Å². The fraction of sp³-hybridized carbons (Fsp3) is 0.692. The van der Waals surface area contributed by atoms with E-state index in [2.05, 4.69) is 13.8 Å². The van der Waals surface area contributed by atoms with Gasteiger partial charge in [-0.2, -0.15) is 4.31 Å². The van der Waals surface area contributed by atoms with Gasteiger partial charge in [0, 0.05) is 17.5 Å². The Balaban J connectivity index is 2.45. The van der Waals surface area contributed by atoms with Gasteiger partial charge in [-0.3, -0.25) is 0 Å². The van der Waals surface area contributed by atoms with Crippen LogP contribution in [0.3, 0.4) is 0 Å². The molecule has 1 aromatic rings. The summed E-state index contributed by atoms with van der Waals surface area (Å²) < 4.78 is 27.5. The van der Waals surface area contributed by atoms with Gasteiger partial charge in [0.15, 0.2) is 0 Å². The lowest BCUT2D eigenvalue weighted by atomic mass is 10.0. The summed E-state index contributed by atoms with van der Waals surface area (Å²) in [6, 6.07) is 0.118. The number of hydrogen-bond acceptors (Lipinski definition) is 3. The van der Waals surface area contributed by atoms with Crippen LogP contribution in [0.15, 0.2) is 10.3 Å². The first-order valence-electron chi connectivity index (χ1n) is 6.54. The van der Waals surface area contributed by atoms with Crippen molar-refractivity contribution in [1.29, 1.82) is 0 Å². The molecule has 0 N–H and O–H groups in total. The predicted molar refractivity (Wildman–Crippen MR) is 80.4 cm³/mol. The Morgan fingerprint density at radius 3 is 2.79 bits per heavy atom. The van der Waals surface area contributed by atoms with Crippen LogP contribution in [0.5, 0.6) is 0 Å². The van der Waals surface area contributed by atoms with Crippen molar-refractivity contribution in [2.45, 2.75) is 50.4 Å². The van der Waals surface area contributed by atoms with Crippen LogP contribution in [0.2, 0.25) is 0 Å². The van der Waals surface area contributed by atoms with Crippen molar-refractivity contribution in [3.63, 3.8) is 0 Å². The third kappa shape index (κ3) is 2.71. The predicted octanol–water partition coefficient (Wildman–Crippen LogP) is 3.60. The highest BCUT2D eigenvalue weighted by Crippen LogP contribution is 2.35. The Hall–Kier alpha value is -0.100. The minimum Gasteiger partial charge on any atom is -0.207 e. The maximum Gasteiger partial charge on any atom is 0.244 e. The Labute approximate surface area is 124 Å². The van der Waals surface area contributed by atoms with Crippen LogP contribution in [-0.4, -0.2) is 25.3 Å². The molecule has 6 heteroatoms. The summed E-state index contributed by atoms with van der Waals surface area (Å²) in [6.45, 7) is 6.64. The Morgan fingerprint density at radius 1 is 1.53 bits per heavy atom. The number of nitrogens with zero attached hydrogens (tertiary/aromatic N) is 1. The first kappa shape index (κ1) is 15.3. The second-order valence-corrected chi connectivity index (χ2v) is 8.43. The van der Waals surface area contributed by atoms with Crippen molar-refractivity contribution >= 4 is 33.0 Å². The quantitative estimate of drug-likeness (QED) is 0.794. The Morgan fingerprint density at radius 2 is 2.21 bits per heavy atom. The van der Waals surface area contributed by atoms with E-state index in [1.807, 2.05) is 12.3 Å². The van der Waals surface area contributed by atoms with Gasteiger partial charge in [-0.05, 0) is 36.6 Å². The van der Waals surface area contributed by atoms with Crippen LogP contribution < -0.4 is 0 Å². The topological polar surface area (TPSA) is 37.4 Å². The van der Waals surface area contributed by atoms with Crippen molar-refractivity contribution < 1.29 is 8.42 Å². The van der Waals surface area contributed by atoms with Gasteiger partial charge in [0.25, 0.3) is 0 Å². The average molecular weight is 322 g/mol. The minimum absolute atomic E-state index is 0.118. The molecule has 0 aliphatic carbocycles. The summed E-state index contributed by atoms with van der Waals surface area (Å²) in [5, 5.41) is 1.88. The second kappa shape index (κ2) is 5.72. The zero-order valence-electron chi connectivity index (χ0n) is 11.5. The van der Waals surface area contributed by atoms with E-state index in [4.69, 9.17) is 11.6 Å². The van der Waals surface area contributed by atoms with E-state index in [9.17, 15) is 8.42 Å². The summed E-state index contributed by atoms with van der Waals surface area (Å²) in [5.74, 6) is 0.600. The lowest BCUT2D eigenvalue weighted by molar-refractivity contribution is 0.315. The summed E-state index contributed by atoms with van der Waals surface area (Å²) >= 11 is 7.32. The molecule has 19 heavy (non-hydrogen) atoms. The fourth-order valence-electron chi connectivity index (χ4n) is 2.77. The number of thiophene rings is 1. The molecule has 1 saturated heterocycles. The van der Waals surface area contributed by atoms with Crippen LogP contribution in [0.1, 0.15) is 37.1 Å². The lowest BCUT2D eigenvalue weighted by Crippen LogP contribution is -2.38. The third-order valence-electron chi connectivity index (χ3n) is 3.70. The number of sulfonamides is 1. The van der Waals surface area contributed by atoms with Crippen molar-refractivity contribution in [3.8, 4) is 0 Å². The van der Waals surface area contributed by atoms with Crippen LogP contribution in [0.25, 0.3) is 0 Å². The van der Waals surface area contributed by atoms with Crippen molar-refractivity contribution in [3.05, 3.63) is 15.8 Å². The molecule has 0 spiro atoms. The molecule has 3 nitrogen and oxygen atoms in total. The van der Waals surface area contributed by atoms with Crippen molar-refractivity contribution in [2.75, 3.05) is 6.54 Å². The van der Waals surface area contributed by atoms with E-state index in [1.165, 1.54) is 11.3 Å². The monoisotopic (exact) mass is 321 g/mol. The molecule has 0 bridgehead atoms. The summed E-state index contributed by atoms with van der Waals surface area (Å²) in [7, 11) is -3.40. The summed E-state index contributed by atoms with van der Waals surface area (Å²) in [6.07, 6.45) is 1.90. The molecule has 2 rings (SSSR count). The van der Waals surface area contributed by atoms with Gasteiger partial charge in [0.05, 0.1) is 5.88 Å². The van der Waals surface area contributed by atoms with E-state index >= 15 is 0 Å². The van der Waals surface area contributed by atoms with Gasteiger partial charge in [-0.15, -0.1) is 22.9 Å². The van der Waals surface area contributed by atoms with Crippen LogP contribution in [0, 0.1) is 12.8 Å². The Kier molecular flexibility index (Phi) is 4.60. The molecule has 0 radical (unpaired) electrons. The van der Waals surface area contributed by atoms with Crippen LogP contribution in [0.4, 0.5) is 0 Å². The zero-order valence-corrected chi connectivity index (χ0v) is 13.9. The van der Waals surface area contributed by atoms with E-state index in [0.29, 0.717) is 17.4 Å². The normalized spacial score (nSPS) is 21.4. The molecular weight excluding hydrogens is 302 g/mol. The Bertz CT molecular complexity index is 551. The second-order valence-electron chi connectivity index (χ2n) is 5.37. The van der Waals surface area contributed by atoms with E-state index in [1.54, 1.807) is 4.31 Å². The molecule has 1 aliphatic heterocycles. The van der Waals surface area contributed by atoms with Gasteiger partial charge in [-0.1, -0.05) is 13.8 Å². The van der Waals surface area contributed by atoms with Gasteiger partial charge < -0.3 is 0 Å². The molecule has 0 saturated carbocycles. The van der Waals surface area contributed by atoms with Crippen molar-refractivity contribution in [1.82, 2.24) is 4.31 Å². The van der Waals surface area contributed by atoms with Gasteiger partial charge in [0.1, 0.15) is 4.90 Å². The molecular formula is C13H20ClNO2S2. The third-order valence-corrected chi connectivity index (χ3v) is 7.51. The maximum absolute atomic E-state index is 12.9. The number of aryl methyl sites for hydroxylation is 1. The highest BCUT2D eigenvalue weighted by Gasteiger charge is 2.38. The first-order chi connectivity index (χ1) is 8.89. The molecule has 0 aromatic carbocycles. The van der Waals surface area contributed by atoms with Gasteiger partial charge in [0.2, 0.25) is 10.0 Å². The summed E-state index contributed by atoms with van der Waals surface area (Å²) in [4.78, 5) is 1.20. The maximum atomic E-state index is 12.9. The number of halogens is 1. The zero-order chi connectivity index (χ0) is 14.2. The van der Waals surface area contributed by atoms with Gasteiger partial charge >= 0.3 is 0 Å². The first-order valence-corrected chi connectivity index (χ1v) is 9.39. The summed E-state index contributed by atoms with van der Waals surface area (Å²) in [5.41, 5.74) is 0.815. The minimum atomic E-state index is -3.40. The molecule has 1 atom stereocenters. The molecule has 2 heterocycles. The average Bonchev–Trinajstić information content (AvgIpc) is 2.94. The van der Waals surface area contributed by atoms with Crippen LogP contribution in [-0.2, 0) is 15.9 Å². The molecule has 1 fully saturated rings. The number of hydrogen-bond donors (Lipinski definition) is 0. The van der Waals surface area contributed by atoms with Crippen molar-refractivity contribution in [2.24, 2.45) is 5.92 Å². The highest BCUT2D eigenvalue weighted by molar-refractivity contribution is 7.89. The number of alkyl halides is 1. The standard InChI is InChI=1S/C13H20ClNO2S2/c1-9(2)11-5-4-6-15(11)19(16,17)13-10(3)8-18-12(13)7-14/h8-9,11H,4-7H2,1-3H3. The molecule has 108 valence electrons. The number of rotatable bonds is 4. The molecule has 1 aliphatic rings. The molecule has 1 aromatic heterocycles. The molecule has 0 amide bonds. The fourth-order valence-corrected chi connectivity index (χ4v) is 6.61. The highest BCUT2D eigenvalue weighted by atomic mass is 35.5. The van der Waals surface area contributed by atoms with Crippen LogP contribution >= 0.6 is 22.9 Å².